The molecule has 0 unspecified atom stereocenters. The predicted octanol–water partition coefficient (Wildman–Crippen LogP) is 1.59. The Morgan fingerprint density at radius 3 is 2.63 bits per heavy atom. The first kappa shape index (κ1) is 17.3. The third-order valence-electron chi connectivity index (χ3n) is 4.36. The van der Waals surface area contributed by atoms with Gasteiger partial charge in [-0.05, 0) is 24.3 Å². The number of hydrogen-bond acceptors (Lipinski definition) is 8. The Labute approximate surface area is 159 Å². The number of ether oxygens (including phenoxy) is 1. The maximum Gasteiger partial charge on any atom is 0.338 e. The van der Waals surface area contributed by atoms with Gasteiger partial charge in [0.25, 0.3) is 5.91 Å². The Morgan fingerprint density at radius 1 is 1.07 bits per heavy atom. The average molecular weight is 383 g/mol. The lowest BCUT2D eigenvalue weighted by Crippen LogP contribution is -2.50. The molecule has 138 valence electrons. The average Bonchev–Trinajstić information content (AvgIpc) is 3.20. The van der Waals surface area contributed by atoms with Gasteiger partial charge in [-0.2, -0.15) is 0 Å². The molecule has 1 saturated heterocycles. The molecule has 9 heteroatoms. The standard InChI is InChI=1S/C18H17N5O3S/c24-16(22-6-8-23(9-7-22)18-19-4-1-5-20-18)11-26-17(25)13-2-3-14-15(10-13)27-12-21-14/h1-5,10,12H,6-9,11H2. The number of anilines is 1. The van der Waals surface area contributed by atoms with Gasteiger partial charge in [0, 0.05) is 38.6 Å². The minimum Gasteiger partial charge on any atom is -0.452 e. The monoisotopic (exact) mass is 383 g/mol. The van der Waals surface area contributed by atoms with Crippen molar-refractivity contribution in [1.29, 1.82) is 0 Å². The summed E-state index contributed by atoms with van der Waals surface area (Å²) < 4.78 is 6.11. The quantitative estimate of drug-likeness (QED) is 0.632. The molecule has 27 heavy (non-hydrogen) atoms. The van der Waals surface area contributed by atoms with Crippen LogP contribution in [0.25, 0.3) is 10.2 Å². The lowest BCUT2D eigenvalue weighted by atomic mass is 10.2. The van der Waals surface area contributed by atoms with Crippen molar-refractivity contribution in [1.82, 2.24) is 19.9 Å². The van der Waals surface area contributed by atoms with Crippen LogP contribution in [0.2, 0.25) is 0 Å². The SMILES string of the molecule is O=C(OCC(=O)N1CCN(c2ncccn2)CC1)c1ccc2ncsc2c1. The number of nitrogens with zero attached hydrogens (tertiary/aromatic N) is 5. The van der Waals surface area contributed by atoms with Gasteiger partial charge in [-0.25, -0.2) is 19.7 Å². The molecule has 8 nitrogen and oxygen atoms in total. The fraction of sp³-hybridized carbons (Fsp3) is 0.278. The van der Waals surface area contributed by atoms with Gasteiger partial charge in [0.1, 0.15) is 0 Å². The van der Waals surface area contributed by atoms with E-state index in [-0.39, 0.29) is 12.5 Å². The summed E-state index contributed by atoms with van der Waals surface area (Å²) in [6, 6.07) is 6.94. The van der Waals surface area contributed by atoms with E-state index in [0.717, 1.165) is 10.2 Å². The number of piperazine rings is 1. The number of amides is 1. The van der Waals surface area contributed by atoms with Crippen LogP contribution in [-0.2, 0) is 9.53 Å². The first-order valence-corrected chi connectivity index (χ1v) is 9.39. The van der Waals surface area contributed by atoms with Crippen LogP contribution in [0.15, 0.2) is 42.2 Å². The summed E-state index contributed by atoms with van der Waals surface area (Å²) in [5, 5.41) is 0. The van der Waals surface area contributed by atoms with Crippen molar-refractivity contribution in [2.75, 3.05) is 37.7 Å². The van der Waals surface area contributed by atoms with E-state index in [4.69, 9.17) is 4.74 Å². The van der Waals surface area contributed by atoms with Crippen molar-refractivity contribution in [2.45, 2.75) is 0 Å². The molecule has 3 aromatic rings. The van der Waals surface area contributed by atoms with Crippen LogP contribution in [-0.4, -0.2) is 64.5 Å². The summed E-state index contributed by atoms with van der Waals surface area (Å²) in [6.45, 7) is 2.11. The first-order chi connectivity index (χ1) is 13.2. The number of rotatable bonds is 4. The molecule has 1 aliphatic heterocycles. The van der Waals surface area contributed by atoms with E-state index >= 15 is 0 Å². The third-order valence-corrected chi connectivity index (χ3v) is 5.15. The van der Waals surface area contributed by atoms with Crippen molar-refractivity contribution in [3.8, 4) is 0 Å². The number of hydrogen-bond donors (Lipinski definition) is 0. The van der Waals surface area contributed by atoms with E-state index < -0.39 is 5.97 Å². The van der Waals surface area contributed by atoms with Crippen LogP contribution in [0.1, 0.15) is 10.4 Å². The second kappa shape index (κ2) is 7.67. The summed E-state index contributed by atoms with van der Waals surface area (Å²) >= 11 is 1.46. The van der Waals surface area contributed by atoms with Crippen molar-refractivity contribution < 1.29 is 14.3 Å². The normalized spacial score (nSPS) is 14.4. The predicted molar refractivity (Wildman–Crippen MR) is 101 cm³/mol. The van der Waals surface area contributed by atoms with Crippen LogP contribution < -0.4 is 4.90 Å². The van der Waals surface area contributed by atoms with Gasteiger partial charge >= 0.3 is 5.97 Å². The Hall–Kier alpha value is -3.07. The molecule has 1 aliphatic rings. The Morgan fingerprint density at radius 2 is 1.85 bits per heavy atom. The van der Waals surface area contributed by atoms with Crippen molar-refractivity contribution >= 4 is 39.4 Å². The van der Waals surface area contributed by atoms with Gasteiger partial charge in [0.15, 0.2) is 6.61 Å². The maximum absolute atomic E-state index is 12.3. The van der Waals surface area contributed by atoms with E-state index in [0.29, 0.717) is 37.7 Å². The van der Waals surface area contributed by atoms with Crippen LogP contribution in [0.4, 0.5) is 5.95 Å². The van der Waals surface area contributed by atoms with Gasteiger partial charge in [-0.3, -0.25) is 4.79 Å². The molecule has 4 rings (SSSR count). The second-order valence-corrected chi connectivity index (χ2v) is 6.91. The van der Waals surface area contributed by atoms with Gasteiger partial charge in [0.2, 0.25) is 5.95 Å². The van der Waals surface area contributed by atoms with E-state index in [2.05, 4.69) is 15.0 Å². The summed E-state index contributed by atoms with van der Waals surface area (Å²) in [7, 11) is 0. The summed E-state index contributed by atoms with van der Waals surface area (Å²) in [4.78, 5) is 40.9. The number of fused-ring (bicyclic) bond motifs is 1. The molecule has 0 atom stereocenters. The summed E-state index contributed by atoms with van der Waals surface area (Å²) in [5.74, 6) is -0.0414. The topological polar surface area (TPSA) is 88.5 Å². The highest BCUT2D eigenvalue weighted by molar-refractivity contribution is 7.16. The largest absolute Gasteiger partial charge is 0.452 e. The number of carbonyl (C=O) groups is 2. The molecule has 1 fully saturated rings. The number of thiazole rings is 1. The highest BCUT2D eigenvalue weighted by Gasteiger charge is 2.23. The fourth-order valence-electron chi connectivity index (χ4n) is 2.89. The fourth-order valence-corrected chi connectivity index (χ4v) is 3.61. The minimum absolute atomic E-state index is 0.198. The third kappa shape index (κ3) is 3.87. The zero-order chi connectivity index (χ0) is 18.6. The van der Waals surface area contributed by atoms with E-state index in [9.17, 15) is 9.59 Å². The molecular formula is C18H17N5O3S. The van der Waals surface area contributed by atoms with Gasteiger partial charge < -0.3 is 14.5 Å². The molecule has 2 aromatic heterocycles. The summed E-state index contributed by atoms with van der Waals surface area (Å²) in [6.07, 6.45) is 3.39. The number of esters is 1. The summed E-state index contributed by atoms with van der Waals surface area (Å²) in [5.41, 5.74) is 2.99. The van der Waals surface area contributed by atoms with Gasteiger partial charge in [-0.15, -0.1) is 11.3 Å². The molecule has 1 amide bonds. The minimum atomic E-state index is -0.505. The Bertz CT molecular complexity index is 954. The molecule has 3 heterocycles. The van der Waals surface area contributed by atoms with Crippen LogP contribution in [0, 0.1) is 0 Å². The molecule has 0 aliphatic carbocycles. The van der Waals surface area contributed by atoms with Gasteiger partial charge in [0.05, 0.1) is 21.3 Å². The molecular weight excluding hydrogens is 366 g/mol. The van der Waals surface area contributed by atoms with E-state index in [1.54, 1.807) is 47.1 Å². The molecule has 1 aromatic carbocycles. The van der Waals surface area contributed by atoms with Crippen molar-refractivity contribution in [3.05, 3.63) is 47.7 Å². The van der Waals surface area contributed by atoms with E-state index in [1.165, 1.54) is 11.3 Å². The molecule has 0 saturated carbocycles. The molecule has 0 N–H and O–H groups in total. The zero-order valence-electron chi connectivity index (χ0n) is 14.4. The van der Waals surface area contributed by atoms with Crippen LogP contribution >= 0.6 is 11.3 Å². The number of carbonyl (C=O) groups excluding carboxylic acids is 2. The molecule has 0 spiro atoms. The van der Waals surface area contributed by atoms with Gasteiger partial charge in [-0.1, -0.05) is 0 Å². The highest BCUT2D eigenvalue weighted by Crippen LogP contribution is 2.19. The Balaban J connectivity index is 1.29. The number of aromatic nitrogens is 3. The number of benzene rings is 1. The maximum atomic E-state index is 12.3. The first-order valence-electron chi connectivity index (χ1n) is 8.51. The zero-order valence-corrected chi connectivity index (χ0v) is 15.3. The molecule has 0 radical (unpaired) electrons. The smallest absolute Gasteiger partial charge is 0.338 e. The second-order valence-electron chi connectivity index (χ2n) is 6.03. The lowest BCUT2D eigenvalue weighted by Gasteiger charge is -2.34. The highest BCUT2D eigenvalue weighted by atomic mass is 32.1. The van der Waals surface area contributed by atoms with Crippen molar-refractivity contribution in [3.63, 3.8) is 0 Å². The van der Waals surface area contributed by atoms with Crippen molar-refractivity contribution in [2.24, 2.45) is 0 Å². The Kier molecular flexibility index (Phi) is 4.93. The molecule has 0 bridgehead atoms. The lowest BCUT2D eigenvalue weighted by molar-refractivity contribution is -0.134. The van der Waals surface area contributed by atoms with Crippen LogP contribution in [0.5, 0.6) is 0 Å². The van der Waals surface area contributed by atoms with Crippen LogP contribution in [0.3, 0.4) is 0 Å². The van der Waals surface area contributed by atoms with E-state index in [1.807, 2.05) is 4.90 Å².